The molecular formula is C36H40O6. The Kier molecular flexibility index (Phi) is 12.9. The molecule has 0 unspecified atom stereocenters. The summed E-state index contributed by atoms with van der Waals surface area (Å²) in [6.07, 6.45) is -3.43. The van der Waals surface area contributed by atoms with Gasteiger partial charge in [0.1, 0.15) is 30.5 Å². The molecule has 0 aromatic heterocycles. The van der Waals surface area contributed by atoms with E-state index < -0.39 is 30.5 Å². The molecule has 0 radical (unpaired) electrons. The van der Waals surface area contributed by atoms with Crippen molar-refractivity contribution < 1.29 is 29.2 Å². The molecule has 0 heterocycles. The van der Waals surface area contributed by atoms with Crippen molar-refractivity contribution in [2.45, 2.75) is 56.9 Å². The molecule has 0 spiro atoms. The van der Waals surface area contributed by atoms with Crippen LogP contribution < -0.4 is 0 Å². The van der Waals surface area contributed by atoms with Gasteiger partial charge in [-0.2, -0.15) is 0 Å². The topological polar surface area (TPSA) is 77.4 Å². The van der Waals surface area contributed by atoms with Crippen LogP contribution in [0.4, 0.5) is 0 Å². The van der Waals surface area contributed by atoms with Crippen molar-refractivity contribution in [3.63, 3.8) is 0 Å². The summed E-state index contributed by atoms with van der Waals surface area (Å²) < 4.78 is 25.1. The van der Waals surface area contributed by atoms with Gasteiger partial charge in [0.15, 0.2) is 0 Å². The summed E-state index contributed by atoms with van der Waals surface area (Å²) in [5, 5.41) is 22.6. The minimum Gasteiger partial charge on any atom is -0.388 e. The van der Waals surface area contributed by atoms with Gasteiger partial charge in [-0.3, -0.25) is 0 Å². The molecule has 6 heteroatoms. The SMILES string of the molecule is C=C[C@@H](O)[C@H](OCc1ccccc1)[C@@H](OCc1ccccc1)[C@H](OCc1ccccc1)[C@H](O)COCc1ccccc1. The number of aliphatic hydroxyl groups is 2. The molecule has 0 saturated heterocycles. The van der Waals surface area contributed by atoms with Crippen LogP contribution in [-0.4, -0.2) is 47.3 Å². The highest BCUT2D eigenvalue weighted by Crippen LogP contribution is 2.24. The number of hydrogen-bond acceptors (Lipinski definition) is 6. The van der Waals surface area contributed by atoms with Crippen LogP contribution >= 0.6 is 0 Å². The van der Waals surface area contributed by atoms with Crippen molar-refractivity contribution in [3.8, 4) is 0 Å². The van der Waals surface area contributed by atoms with Gasteiger partial charge in [-0.1, -0.05) is 127 Å². The minimum atomic E-state index is -1.09. The fraction of sp³-hybridized carbons (Fsp3) is 0.278. The molecule has 4 aromatic rings. The molecule has 0 amide bonds. The number of rotatable bonds is 18. The number of ether oxygens (including phenoxy) is 4. The maximum atomic E-state index is 11.5. The first-order valence-corrected chi connectivity index (χ1v) is 14.2. The van der Waals surface area contributed by atoms with E-state index in [0.29, 0.717) is 6.61 Å². The lowest BCUT2D eigenvalue weighted by Gasteiger charge is -2.37. The Labute approximate surface area is 248 Å². The Bertz CT molecular complexity index is 1270. The summed E-state index contributed by atoms with van der Waals surface area (Å²) in [5.74, 6) is 0. The molecule has 0 bridgehead atoms. The highest BCUT2D eigenvalue weighted by atomic mass is 16.6. The van der Waals surface area contributed by atoms with E-state index in [-0.39, 0.29) is 26.4 Å². The van der Waals surface area contributed by atoms with Crippen molar-refractivity contribution in [1.82, 2.24) is 0 Å². The summed E-state index contributed by atoms with van der Waals surface area (Å²) in [6.45, 7) is 4.81. The maximum Gasteiger partial charge on any atom is 0.116 e. The first-order valence-electron chi connectivity index (χ1n) is 14.2. The zero-order valence-electron chi connectivity index (χ0n) is 23.8. The second-order valence-electron chi connectivity index (χ2n) is 10.1. The van der Waals surface area contributed by atoms with Gasteiger partial charge < -0.3 is 29.2 Å². The molecule has 4 rings (SSSR count). The molecular weight excluding hydrogens is 528 g/mol. The molecule has 0 fully saturated rings. The third-order valence-electron chi connectivity index (χ3n) is 6.86. The molecule has 0 aliphatic rings. The Morgan fingerprint density at radius 2 is 0.857 bits per heavy atom. The van der Waals surface area contributed by atoms with Gasteiger partial charge in [0.25, 0.3) is 0 Å². The Morgan fingerprint density at radius 1 is 0.500 bits per heavy atom. The fourth-order valence-corrected chi connectivity index (χ4v) is 4.59. The van der Waals surface area contributed by atoms with Crippen LogP contribution in [0.25, 0.3) is 0 Å². The van der Waals surface area contributed by atoms with Crippen molar-refractivity contribution in [1.29, 1.82) is 0 Å². The molecule has 6 nitrogen and oxygen atoms in total. The summed E-state index contributed by atoms with van der Waals surface area (Å²) in [6, 6.07) is 38.9. The van der Waals surface area contributed by atoms with Gasteiger partial charge in [0.2, 0.25) is 0 Å². The zero-order valence-corrected chi connectivity index (χ0v) is 23.8. The van der Waals surface area contributed by atoms with Crippen LogP contribution in [0.15, 0.2) is 134 Å². The average Bonchev–Trinajstić information content (AvgIpc) is 3.05. The number of benzene rings is 4. The molecule has 0 saturated carbocycles. The predicted molar refractivity (Wildman–Crippen MR) is 163 cm³/mol. The monoisotopic (exact) mass is 568 g/mol. The maximum absolute atomic E-state index is 11.5. The van der Waals surface area contributed by atoms with Crippen LogP contribution in [0, 0.1) is 0 Å². The summed E-state index contributed by atoms with van der Waals surface area (Å²) in [7, 11) is 0. The first-order chi connectivity index (χ1) is 20.6. The normalized spacial score (nSPS) is 14.9. The fourth-order valence-electron chi connectivity index (χ4n) is 4.59. The Balaban J connectivity index is 1.59. The van der Waals surface area contributed by atoms with Crippen molar-refractivity contribution in [2.24, 2.45) is 0 Å². The molecule has 2 N–H and O–H groups in total. The predicted octanol–water partition coefficient (Wildman–Crippen LogP) is 5.87. The van der Waals surface area contributed by atoms with Crippen LogP contribution in [0.2, 0.25) is 0 Å². The lowest BCUT2D eigenvalue weighted by molar-refractivity contribution is -0.201. The standard InChI is InChI=1S/C36H40O6/c1-2-32(37)34(40-24-29-17-9-4-10-18-29)36(42-26-31-21-13-6-14-22-31)35(41-25-30-19-11-5-12-20-30)33(38)27-39-23-28-15-7-3-8-16-28/h2-22,32-38H,1,23-27H2/t32-,33-,34+,35-,36-/m1/s1. The van der Waals surface area contributed by atoms with Crippen molar-refractivity contribution in [3.05, 3.63) is 156 Å². The average molecular weight is 569 g/mol. The second-order valence-corrected chi connectivity index (χ2v) is 10.1. The molecule has 0 aliphatic carbocycles. The van der Waals surface area contributed by atoms with Crippen LogP contribution in [0.1, 0.15) is 22.3 Å². The van der Waals surface area contributed by atoms with E-state index in [1.54, 1.807) is 0 Å². The Morgan fingerprint density at radius 3 is 1.26 bits per heavy atom. The van der Waals surface area contributed by atoms with E-state index >= 15 is 0 Å². The van der Waals surface area contributed by atoms with Crippen LogP contribution in [0.5, 0.6) is 0 Å². The molecule has 0 aliphatic heterocycles. The Hall–Kier alpha value is -3.62. The van der Waals surface area contributed by atoms with Gasteiger partial charge >= 0.3 is 0 Å². The summed E-state index contributed by atoms with van der Waals surface area (Å²) in [4.78, 5) is 0. The highest BCUT2D eigenvalue weighted by Gasteiger charge is 2.40. The van der Waals surface area contributed by atoms with E-state index in [9.17, 15) is 10.2 Å². The van der Waals surface area contributed by atoms with E-state index in [4.69, 9.17) is 18.9 Å². The third kappa shape index (κ3) is 10.0. The van der Waals surface area contributed by atoms with Gasteiger partial charge in [-0.15, -0.1) is 6.58 Å². The van der Waals surface area contributed by atoms with Gasteiger partial charge in [0, 0.05) is 0 Å². The van der Waals surface area contributed by atoms with Gasteiger partial charge in [-0.25, -0.2) is 0 Å². The second kappa shape index (κ2) is 17.4. The largest absolute Gasteiger partial charge is 0.388 e. The zero-order chi connectivity index (χ0) is 29.4. The quantitative estimate of drug-likeness (QED) is 0.146. The summed E-state index contributed by atoms with van der Waals surface area (Å²) in [5.41, 5.74) is 3.81. The lowest BCUT2D eigenvalue weighted by atomic mass is 9.98. The molecule has 5 atom stereocenters. The number of hydrogen-bond donors (Lipinski definition) is 2. The molecule has 220 valence electrons. The highest BCUT2D eigenvalue weighted by molar-refractivity contribution is 5.16. The minimum absolute atomic E-state index is 0.00482. The van der Waals surface area contributed by atoms with Crippen LogP contribution in [0.3, 0.4) is 0 Å². The third-order valence-corrected chi connectivity index (χ3v) is 6.86. The number of aliphatic hydroxyl groups excluding tert-OH is 2. The van der Waals surface area contributed by atoms with E-state index in [2.05, 4.69) is 6.58 Å². The lowest BCUT2D eigenvalue weighted by Crippen LogP contribution is -2.53. The van der Waals surface area contributed by atoms with E-state index in [1.165, 1.54) is 6.08 Å². The molecule has 42 heavy (non-hydrogen) atoms. The van der Waals surface area contributed by atoms with E-state index in [1.807, 2.05) is 121 Å². The van der Waals surface area contributed by atoms with Crippen molar-refractivity contribution >= 4 is 0 Å². The van der Waals surface area contributed by atoms with Gasteiger partial charge in [-0.05, 0) is 22.3 Å². The smallest absolute Gasteiger partial charge is 0.116 e. The van der Waals surface area contributed by atoms with Crippen LogP contribution in [-0.2, 0) is 45.4 Å². The van der Waals surface area contributed by atoms with Crippen molar-refractivity contribution in [2.75, 3.05) is 6.61 Å². The van der Waals surface area contributed by atoms with Gasteiger partial charge in [0.05, 0.1) is 33.0 Å². The first kappa shape index (κ1) is 31.3. The summed E-state index contributed by atoms with van der Waals surface area (Å²) >= 11 is 0. The van der Waals surface area contributed by atoms with E-state index in [0.717, 1.165) is 22.3 Å². The molecule has 4 aromatic carbocycles.